The van der Waals surface area contributed by atoms with Crippen molar-refractivity contribution in [1.82, 2.24) is 9.38 Å². The molecule has 7 heteroatoms. The molecule has 0 amide bonds. The highest BCUT2D eigenvalue weighted by atomic mass is 16.4. The molecule has 0 aliphatic heterocycles. The molecule has 3 aromatic rings. The highest BCUT2D eigenvalue weighted by Crippen LogP contribution is 2.27. The van der Waals surface area contributed by atoms with E-state index in [4.69, 9.17) is 5.11 Å². The molecular formula is C16H14N4O3. The minimum atomic E-state index is -0.986. The van der Waals surface area contributed by atoms with Gasteiger partial charge in [0.1, 0.15) is 11.4 Å². The number of rotatable bonds is 4. The zero-order valence-electron chi connectivity index (χ0n) is 12.3. The first-order chi connectivity index (χ1) is 11.0. The van der Waals surface area contributed by atoms with E-state index in [1.54, 1.807) is 22.7 Å². The van der Waals surface area contributed by atoms with Crippen LogP contribution in [0.25, 0.3) is 5.65 Å². The van der Waals surface area contributed by atoms with Crippen LogP contribution in [0.4, 0.5) is 11.5 Å². The summed E-state index contributed by atoms with van der Waals surface area (Å²) in [4.78, 5) is 15.4. The fourth-order valence-corrected chi connectivity index (χ4v) is 2.27. The van der Waals surface area contributed by atoms with Crippen molar-refractivity contribution < 1.29 is 15.0 Å². The number of azo groups is 1. The van der Waals surface area contributed by atoms with Gasteiger partial charge in [-0.3, -0.25) is 9.20 Å². The van der Waals surface area contributed by atoms with Crippen molar-refractivity contribution in [3.05, 3.63) is 53.9 Å². The van der Waals surface area contributed by atoms with Gasteiger partial charge in [0, 0.05) is 12.3 Å². The zero-order valence-corrected chi connectivity index (χ0v) is 12.3. The molecule has 2 heterocycles. The molecule has 0 saturated heterocycles. The lowest BCUT2D eigenvalue weighted by Crippen LogP contribution is -2.00. The third-order valence-corrected chi connectivity index (χ3v) is 3.30. The first-order valence-corrected chi connectivity index (χ1v) is 6.93. The highest BCUT2D eigenvalue weighted by molar-refractivity contribution is 5.72. The quantitative estimate of drug-likeness (QED) is 0.721. The van der Waals surface area contributed by atoms with E-state index in [-0.39, 0.29) is 12.2 Å². The van der Waals surface area contributed by atoms with Crippen molar-refractivity contribution in [3.63, 3.8) is 0 Å². The molecule has 0 saturated carbocycles. The van der Waals surface area contributed by atoms with Crippen LogP contribution in [0, 0.1) is 6.92 Å². The van der Waals surface area contributed by atoms with Gasteiger partial charge in [0.15, 0.2) is 5.82 Å². The Morgan fingerprint density at radius 2 is 2.09 bits per heavy atom. The summed E-state index contributed by atoms with van der Waals surface area (Å²) in [5, 5.41) is 26.7. The molecule has 2 N–H and O–H groups in total. The number of aliphatic carboxylic acids is 1. The Hall–Kier alpha value is -3.22. The van der Waals surface area contributed by atoms with Crippen molar-refractivity contribution >= 4 is 23.1 Å². The highest BCUT2D eigenvalue weighted by Gasteiger charge is 2.15. The van der Waals surface area contributed by atoms with Crippen molar-refractivity contribution in [2.45, 2.75) is 13.3 Å². The van der Waals surface area contributed by atoms with Crippen LogP contribution in [0.3, 0.4) is 0 Å². The minimum Gasteiger partial charge on any atom is -0.508 e. The second kappa shape index (κ2) is 5.88. The molecule has 7 nitrogen and oxygen atoms in total. The second-order valence-corrected chi connectivity index (χ2v) is 5.06. The molecule has 1 aromatic carbocycles. The van der Waals surface area contributed by atoms with Gasteiger partial charge in [-0.1, -0.05) is 12.1 Å². The van der Waals surface area contributed by atoms with Crippen molar-refractivity contribution in [2.24, 2.45) is 10.2 Å². The molecule has 0 radical (unpaired) electrons. The number of carbonyl (C=O) groups is 1. The topological polar surface area (TPSA) is 99.6 Å². The summed E-state index contributed by atoms with van der Waals surface area (Å²) >= 11 is 0. The van der Waals surface area contributed by atoms with Gasteiger partial charge in [0.05, 0.1) is 17.8 Å². The summed E-state index contributed by atoms with van der Waals surface area (Å²) in [7, 11) is 0. The average Bonchev–Trinajstić information content (AvgIpc) is 2.83. The first-order valence-electron chi connectivity index (χ1n) is 6.93. The summed E-state index contributed by atoms with van der Waals surface area (Å²) in [6.45, 7) is 1.89. The van der Waals surface area contributed by atoms with Gasteiger partial charge in [-0.05, 0) is 30.7 Å². The van der Waals surface area contributed by atoms with Crippen molar-refractivity contribution in [1.29, 1.82) is 0 Å². The standard InChI is InChI=1S/C16H14N4O3/c1-10-4-3-7-20-15(10)17-13(9-14(22)23)16(20)19-18-11-5-2-6-12(21)8-11/h2-8,21H,9H2,1H3,(H,22,23). The minimum absolute atomic E-state index is 0.0844. The van der Waals surface area contributed by atoms with Gasteiger partial charge in [0.25, 0.3) is 0 Å². The van der Waals surface area contributed by atoms with Crippen LogP contribution in [0.1, 0.15) is 11.3 Å². The molecule has 3 rings (SSSR count). The predicted molar refractivity (Wildman–Crippen MR) is 83.6 cm³/mol. The number of aromatic hydroxyl groups is 1. The van der Waals surface area contributed by atoms with E-state index in [2.05, 4.69) is 15.2 Å². The van der Waals surface area contributed by atoms with E-state index in [9.17, 15) is 9.90 Å². The van der Waals surface area contributed by atoms with E-state index in [0.717, 1.165) is 5.56 Å². The fraction of sp³-hybridized carbons (Fsp3) is 0.125. The number of pyridine rings is 1. The largest absolute Gasteiger partial charge is 0.508 e. The van der Waals surface area contributed by atoms with E-state index < -0.39 is 5.97 Å². The molecule has 0 aliphatic rings. The number of carboxylic acid groups (broad SMARTS) is 1. The molecule has 0 unspecified atom stereocenters. The smallest absolute Gasteiger partial charge is 0.309 e. The van der Waals surface area contributed by atoms with E-state index in [1.807, 2.05) is 19.1 Å². The third kappa shape index (κ3) is 3.03. The van der Waals surface area contributed by atoms with Crippen LogP contribution in [0.5, 0.6) is 5.75 Å². The van der Waals surface area contributed by atoms with Crippen LogP contribution < -0.4 is 0 Å². The SMILES string of the molecule is Cc1cccn2c(N=Nc3cccc(O)c3)c(CC(=O)O)nc12. The van der Waals surface area contributed by atoms with Gasteiger partial charge >= 0.3 is 5.97 Å². The molecular weight excluding hydrogens is 296 g/mol. The molecule has 0 spiro atoms. The summed E-state index contributed by atoms with van der Waals surface area (Å²) in [5.41, 5.74) is 2.37. The number of hydrogen-bond donors (Lipinski definition) is 2. The fourth-order valence-electron chi connectivity index (χ4n) is 2.27. The number of fused-ring (bicyclic) bond motifs is 1. The Kier molecular flexibility index (Phi) is 3.76. The van der Waals surface area contributed by atoms with Crippen molar-refractivity contribution in [3.8, 4) is 5.75 Å². The number of aryl methyl sites for hydroxylation is 1. The number of phenolic OH excluding ortho intramolecular Hbond substituents is 1. The monoisotopic (exact) mass is 310 g/mol. The molecule has 0 fully saturated rings. The predicted octanol–water partition coefficient (Wildman–Crippen LogP) is 3.39. The summed E-state index contributed by atoms with van der Waals surface area (Å²) in [6.07, 6.45) is 1.52. The number of benzene rings is 1. The Labute approximate surface area is 131 Å². The van der Waals surface area contributed by atoms with Crippen LogP contribution in [0.2, 0.25) is 0 Å². The second-order valence-electron chi connectivity index (χ2n) is 5.06. The maximum Gasteiger partial charge on any atom is 0.309 e. The van der Waals surface area contributed by atoms with Gasteiger partial charge in [-0.25, -0.2) is 4.98 Å². The lowest BCUT2D eigenvalue weighted by atomic mass is 10.3. The zero-order chi connectivity index (χ0) is 16.4. The van der Waals surface area contributed by atoms with Gasteiger partial charge < -0.3 is 10.2 Å². The Morgan fingerprint density at radius 1 is 1.26 bits per heavy atom. The summed E-state index contributed by atoms with van der Waals surface area (Å²) in [6, 6.07) is 10.1. The Balaban J connectivity index is 2.10. The maximum atomic E-state index is 11.0. The number of imidazole rings is 1. The number of nitrogens with zero attached hydrogens (tertiary/aromatic N) is 4. The van der Waals surface area contributed by atoms with Crippen molar-refractivity contribution in [2.75, 3.05) is 0 Å². The summed E-state index contributed by atoms with van der Waals surface area (Å²) in [5.74, 6) is -0.532. The lowest BCUT2D eigenvalue weighted by molar-refractivity contribution is -0.136. The van der Waals surface area contributed by atoms with Gasteiger partial charge in [-0.2, -0.15) is 0 Å². The van der Waals surface area contributed by atoms with E-state index in [1.165, 1.54) is 12.1 Å². The Bertz CT molecular complexity index is 915. The normalized spacial score (nSPS) is 11.3. The van der Waals surface area contributed by atoms with Gasteiger partial charge in [0.2, 0.25) is 0 Å². The molecule has 0 bridgehead atoms. The molecule has 0 atom stereocenters. The number of carboxylic acids is 1. The molecule has 0 aliphatic carbocycles. The third-order valence-electron chi connectivity index (χ3n) is 3.30. The van der Waals surface area contributed by atoms with E-state index in [0.29, 0.717) is 22.8 Å². The first kappa shape index (κ1) is 14.7. The summed E-state index contributed by atoms with van der Waals surface area (Å²) < 4.78 is 1.71. The lowest BCUT2D eigenvalue weighted by Gasteiger charge is -1.99. The van der Waals surface area contributed by atoms with Crippen LogP contribution in [-0.2, 0) is 11.2 Å². The van der Waals surface area contributed by atoms with Crippen LogP contribution in [-0.4, -0.2) is 25.6 Å². The average molecular weight is 310 g/mol. The van der Waals surface area contributed by atoms with Gasteiger partial charge in [-0.15, -0.1) is 10.2 Å². The Morgan fingerprint density at radius 3 is 2.83 bits per heavy atom. The maximum absolute atomic E-state index is 11.0. The number of aromatic nitrogens is 2. The molecule has 2 aromatic heterocycles. The molecule has 23 heavy (non-hydrogen) atoms. The van der Waals surface area contributed by atoms with Crippen LogP contribution >= 0.6 is 0 Å². The number of phenols is 1. The van der Waals surface area contributed by atoms with E-state index >= 15 is 0 Å². The number of hydrogen-bond acceptors (Lipinski definition) is 5. The molecule has 116 valence electrons. The van der Waals surface area contributed by atoms with Crippen LogP contribution in [0.15, 0.2) is 52.8 Å².